The van der Waals surface area contributed by atoms with Crippen LogP contribution in [-0.4, -0.2) is 19.5 Å². The summed E-state index contributed by atoms with van der Waals surface area (Å²) in [7, 11) is 0. The van der Waals surface area contributed by atoms with Crippen molar-refractivity contribution in [2.24, 2.45) is 0 Å². The second-order valence-electron chi connectivity index (χ2n) is 14.0. The molecule has 0 spiro atoms. The summed E-state index contributed by atoms with van der Waals surface area (Å²) in [6.45, 7) is 0. The third kappa shape index (κ3) is 5.37. The molecule has 0 N–H and O–H groups in total. The fraction of sp³-hybridized carbons (Fsp3) is 0. The number of hydrogen-bond acceptors (Lipinski definition) is 4. The van der Waals surface area contributed by atoms with Crippen LogP contribution in [0.3, 0.4) is 0 Å². The first-order chi connectivity index (χ1) is 27.7. The summed E-state index contributed by atoms with van der Waals surface area (Å²) in [6.07, 6.45) is 0. The maximum Gasteiger partial charge on any atom is 0.166 e. The number of aromatic nitrogens is 4. The summed E-state index contributed by atoms with van der Waals surface area (Å²) in [4.78, 5) is 15.5. The molecule has 0 aliphatic rings. The van der Waals surface area contributed by atoms with Gasteiger partial charge in [-0.25, -0.2) is 15.0 Å². The normalized spacial score (nSPS) is 11.6. The zero-order valence-electron chi connectivity index (χ0n) is 30.2. The lowest BCUT2D eigenvalue weighted by Crippen LogP contribution is -2.04. The van der Waals surface area contributed by atoms with Gasteiger partial charge in [0.25, 0.3) is 0 Å². The van der Waals surface area contributed by atoms with Crippen LogP contribution in [-0.2, 0) is 0 Å². The predicted octanol–water partition coefficient (Wildman–Crippen LogP) is 13.2. The number of hydrogen-bond donors (Lipinski definition) is 0. The van der Waals surface area contributed by atoms with E-state index in [1.165, 1.54) is 21.9 Å². The molecule has 0 aliphatic carbocycles. The number of rotatable bonds is 6. The van der Waals surface area contributed by atoms with Crippen LogP contribution in [0.25, 0.3) is 106 Å². The van der Waals surface area contributed by atoms with Crippen LogP contribution in [0, 0.1) is 0 Å². The maximum atomic E-state index is 6.34. The Morgan fingerprint density at radius 1 is 0.321 bits per heavy atom. The molecule has 0 radical (unpaired) electrons. The van der Waals surface area contributed by atoms with Gasteiger partial charge < -0.3 is 8.98 Å². The van der Waals surface area contributed by atoms with Crippen LogP contribution in [0.5, 0.6) is 0 Å². The highest BCUT2D eigenvalue weighted by atomic mass is 16.3. The molecular formula is C51H32N4O. The third-order valence-electron chi connectivity index (χ3n) is 10.7. The second kappa shape index (κ2) is 13.0. The highest BCUT2D eigenvalue weighted by Crippen LogP contribution is 2.40. The van der Waals surface area contributed by atoms with Gasteiger partial charge in [0, 0.05) is 38.2 Å². The van der Waals surface area contributed by atoms with Crippen molar-refractivity contribution in [2.75, 3.05) is 0 Å². The lowest BCUT2D eigenvalue weighted by molar-refractivity contribution is 0.669. The molecule has 5 nitrogen and oxygen atoms in total. The van der Waals surface area contributed by atoms with Crippen LogP contribution in [0.1, 0.15) is 0 Å². The molecule has 5 heteroatoms. The predicted molar refractivity (Wildman–Crippen MR) is 229 cm³/mol. The topological polar surface area (TPSA) is 56.7 Å². The van der Waals surface area contributed by atoms with E-state index in [0.29, 0.717) is 17.5 Å². The Morgan fingerprint density at radius 2 is 0.839 bits per heavy atom. The van der Waals surface area contributed by atoms with Crippen molar-refractivity contribution in [1.82, 2.24) is 19.5 Å². The average molecular weight is 717 g/mol. The molecule has 11 aromatic rings. The fourth-order valence-electron chi connectivity index (χ4n) is 7.97. The van der Waals surface area contributed by atoms with Crippen LogP contribution in [0.2, 0.25) is 0 Å². The van der Waals surface area contributed by atoms with E-state index in [1.54, 1.807) is 0 Å². The molecule has 0 amide bonds. The molecule has 0 atom stereocenters. The first-order valence-corrected chi connectivity index (χ1v) is 18.8. The smallest absolute Gasteiger partial charge is 0.166 e. The zero-order valence-corrected chi connectivity index (χ0v) is 30.2. The zero-order chi connectivity index (χ0) is 37.0. The van der Waals surface area contributed by atoms with Crippen molar-refractivity contribution in [3.63, 3.8) is 0 Å². The van der Waals surface area contributed by atoms with Gasteiger partial charge >= 0.3 is 0 Å². The molecule has 3 heterocycles. The van der Waals surface area contributed by atoms with Gasteiger partial charge in [-0.05, 0) is 70.8 Å². The molecule has 0 bridgehead atoms. The van der Waals surface area contributed by atoms with Crippen LogP contribution in [0.4, 0.5) is 0 Å². The summed E-state index contributed by atoms with van der Waals surface area (Å²) in [5, 5.41) is 4.56. The van der Waals surface area contributed by atoms with E-state index in [9.17, 15) is 0 Å². The van der Waals surface area contributed by atoms with Crippen molar-refractivity contribution in [3.05, 3.63) is 194 Å². The standard InChI is InChI=1S/C51H32N4O/c1-4-14-33(15-5-1)36-25-28-45-42(30-36)39-20-10-12-22-44(39)55(45)46-29-26-37(38-24-27-41-40-21-11-13-23-47(40)56-48(41)32-38)31-43(46)51-53-49(34-16-6-2-7-17-34)52-50(54-51)35-18-8-3-9-19-35/h1-32H. The minimum atomic E-state index is 0.589. The van der Waals surface area contributed by atoms with Gasteiger partial charge in [0.15, 0.2) is 17.5 Å². The third-order valence-corrected chi connectivity index (χ3v) is 10.7. The quantitative estimate of drug-likeness (QED) is 0.172. The minimum absolute atomic E-state index is 0.589. The SMILES string of the molecule is c1ccc(-c2ccc3c(c2)c2ccccc2n3-c2ccc(-c3ccc4c(c3)oc3ccccc34)cc2-c2nc(-c3ccccc3)nc(-c3ccccc3)n2)cc1. The molecule has 0 saturated heterocycles. The molecule has 0 unspecified atom stereocenters. The number of furan rings is 1. The van der Waals surface area contributed by atoms with E-state index in [-0.39, 0.29) is 0 Å². The summed E-state index contributed by atoms with van der Waals surface area (Å²) < 4.78 is 8.70. The first kappa shape index (κ1) is 31.9. The minimum Gasteiger partial charge on any atom is -0.456 e. The van der Waals surface area contributed by atoms with Crippen molar-refractivity contribution in [3.8, 4) is 62.1 Å². The van der Waals surface area contributed by atoms with Crippen LogP contribution < -0.4 is 0 Å². The molecule has 262 valence electrons. The molecule has 11 rings (SSSR count). The van der Waals surface area contributed by atoms with Gasteiger partial charge in [-0.3, -0.25) is 0 Å². The Kier molecular flexibility index (Phi) is 7.42. The molecule has 56 heavy (non-hydrogen) atoms. The maximum absolute atomic E-state index is 6.34. The first-order valence-electron chi connectivity index (χ1n) is 18.8. The number of benzene rings is 8. The number of fused-ring (bicyclic) bond motifs is 6. The molecular weight excluding hydrogens is 685 g/mol. The lowest BCUT2D eigenvalue weighted by atomic mass is 9.99. The fourth-order valence-corrected chi connectivity index (χ4v) is 7.97. The Hall–Kier alpha value is -7.63. The Balaban J connectivity index is 1.19. The Bertz CT molecular complexity index is 3180. The molecule has 8 aromatic carbocycles. The van der Waals surface area contributed by atoms with Crippen molar-refractivity contribution in [2.45, 2.75) is 0 Å². The van der Waals surface area contributed by atoms with Gasteiger partial charge in [-0.15, -0.1) is 0 Å². The van der Waals surface area contributed by atoms with E-state index in [1.807, 2.05) is 72.8 Å². The largest absolute Gasteiger partial charge is 0.456 e. The summed E-state index contributed by atoms with van der Waals surface area (Å²) >= 11 is 0. The van der Waals surface area contributed by atoms with E-state index >= 15 is 0 Å². The monoisotopic (exact) mass is 716 g/mol. The van der Waals surface area contributed by atoms with E-state index in [2.05, 4.69) is 126 Å². The van der Waals surface area contributed by atoms with E-state index in [0.717, 1.165) is 66.5 Å². The molecule has 3 aromatic heterocycles. The summed E-state index contributed by atoms with van der Waals surface area (Å²) in [5.74, 6) is 1.82. The lowest BCUT2D eigenvalue weighted by Gasteiger charge is -2.16. The molecule has 0 fully saturated rings. The highest BCUT2D eigenvalue weighted by Gasteiger charge is 2.21. The van der Waals surface area contributed by atoms with Crippen molar-refractivity contribution in [1.29, 1.82) is 0 Å². The Morgan fingerprint density at radius 3 is 1.57 bits per heavy atom. The van der Waals surface area contributed by atoms with Crippen molar-refractivity contribution < 1.29 is 4.42 Å². The van der Waals surface area contributed by atoms with Crippen LogP contribution in [0.15, 0.2) is 199 Å². The second-order valence-corrected chi connectivity index (χ2v) is 14.0. The highest BCUT2D eigenvalue weighted by molar-refractivity contribution is 6.11. The number of nitrogens with zero attached hydrogens (tertiary/aromatic N) is 4. The molecule has 0 aliphatic heterocycles. The van der Waals surface area contributed by atoms with Gasteiger partial charge in [-0.2, -0.15) is 0 Å². The average Bonchev–Trinajstić information content (AvgIpc) is 3.82. The van der Waals surface area contributed by atoms with E-state index < -0.39 is 0 Å². The van der Waals surface area contributed by atoms with Gasteiger partial charge in [0.05, 0.1) is 16.7 Å². The number of para-hydroxylation sites is 2. The van der Waals surface area contributed by atoms with Crippen LogP contribution >= 0.6 is 0 Å². The summed E-state index contributed by atoms with van der Waals surface area (Å²) in [6, 6.07) is 67.5. The van der Waals surface area contributed by atoms with Gasteiger partial charge in [0.2, 0.25) is 0 Å². The molecule has 0 saturated carbocycles. The Labute approximate surface area is 322 Å². The van der Waals surface area contributed by atoms with Gasteiger partial charge in [0.1, 0.15) is 11.2 Å². The van der Waals surface area contributed by atoms with Gasteiger partial charge in [-0.1, -0.05) is 146 Å². The summed E-state index contributed by atoms with van der Waals surface area (Å²) in [5.41, 5.74) is 12.1. The van der Waals surface area contributed by atoms with Crippen molar-refractivity contribution >= 4 is 43.7 Å². The van der Waals surface area contributed by atoms with E-state index in [4.69, 9.17) is 19.4 Å².